The third-order valence-corrected chi connectivity index (χ3v) is 4.48. The van der Waals surface area contributed by atoms with Crippen molar-refractivity contribution in [3.8, 4) is 5.75 Å². The third kappa shape index (κ3) is 1.83. The highest BCUT2D eigenvalue weighted by atomic mass is 16.5. The summed E-state index contributed by atoms with van der Waals surface area (Å²) in [4.78, 5) is 0. The van der Waals surface area contributed by atoms with Crippen LogP contribution < -0.4 is 10.1 Å². The molecule has 2 aliphatic rings. The van der Waals surface area contributed by atoms with Gasteiger partial charge in [0, 0.05) is 29.9 Å². The van der Waals surface area contributed by atoms with Gasteiger partial charge in [0.25, 0.3) is 0 Å². The zero-order valence-corrected chi connectivity index (χ0v) is 11.7. The molecule has 0 fully saturated rings. The number of benzene rings is 1. The maximum absolute atomic E-state index is 5.76. The Morgan fingerprint density at radius 2 is 2.15 bits per heavy atom. The summed E-state index contributed by atoms with van der Waals surface area (Å²) >= 11 is 0. The minimum atomic E-state index is 0.294. The standard InChI is InChI=1S/C16H19N3O/c1-19-15-7-4-6-13(12(15)9-17-19)18-14-10-20-16-8-3-2-5-11(14)16/h2-3,5,8-9,13-14,18H,4,6-7,10H2,1H3. The van der Waals surface area contributed by atoms with E-state index >= 15 is 0 Å². The number of rotatable bonds is 2. The van der Waals surface area contributed by atoms with Crippen LogP contribution in [-0.2, 0) is 13.5 Å². The molecule has 2 heterocycles. The van der Waals surface area contributed by atoms with Crippen LogP contribution in [0.15, 0.2) is 30.5 Å². The van der Waals surface area contributed by atoms with E-state index in [9.17, 15) is 0 Å². The van der Waals surface area contributed by atoms with Crippen LogP contribution >= 0.6 is 0 Å². The Hall–Kier alpha value is -1.81. The number of ether oxygens (including phenoxy) is 1. The zero-order chi connectivity index (χ0) is 13.5. The number of aromatic nitrogens is 2. The molecule has 1 N–H and O–H groups in total. The normalized spacial score (nSPS) is 24.1. The monoisotopic (exact) mass is 269 g/mol. The fourth-order valence-electron chi connectivity index (χ4n) is 3.42. The van der Waals surface area contributed by atoms with E-state index in [1.807, 2.05) is 30.1 Å². The number of nitrogens with one attached hydrogen (secondary N) is 1. The maximum atomic E-state index is 5.76. The molecule has 2 unspecified atom stereocenters. The number of nitrogens with zero attached hydrogens (tertiary/aromatic N) is 2. The molecule has 0 spiro atoms. The van der Waals surface area contributed by atoms with E-state index in [1.54, 1.807) is 0 Å². The predicted octanol–water partition coefficient (Wildman–Crippen LogP) is 2.52. The molecule has 1 aromatic carbocycles. The average molecular weight is 269 g/mol. The van der Waals surface area contributed by atoms with E-state index in [0.717, 1.165) is 18.8 Å². The van der Waals surface area contributed by atoms with Gasteiger partial charge in [0.05, 0.1) is 12.2 Å². The van der Waals surface area contributed by atoms with E-state index in [4.69, 9.17) is 4.74 Å². The first kappa shape index (κ1) is 12.0. The van der Waals surface area contributed by atoms with Crippen molar-refractivity contribution in [1.29, 1.82) is 0 Å². The molecular weight excluding hydrogens is 250 g/mol. The Labute approximate surface area is 118 Å². The van der Waals surface area contributed by atoms with Crippen molar-refractivity contribution in [2.45, 2.75) is 31.3 Å². The molecule has 2 aromatic rings. The molecule has 4 heteroatoms. The summed E-state index contributed by atoms with van der Waals surface area (Å²) in [7, 11) is 2.04. The van der Waals surface area contributed by atoms with Crippen molar-refractivity contribution in [3.63, 3.8) is 0 Å². The molecule has 0 bridgehead atoms. The summed E-state index contributed by atoms with van der Waals surface area (Å²) < 4.78 is 7.78. The Morgan fingerprint density at radius 1 is 1.25 bits per heavy atom. The second-order valence-electron chi connectivity index (χ2n) is 5.68. The summed E-state index contributed by atoms with van der Waals surface area (Å²) in [6, 6.07) is 9.01. The Kier molecular flexibility index (Phi) is 2.77. The first-order valence-electron chi connectivity index (χ1n) is 7.31. The first-order chi connectivity index (χ1) is 9.83. The van der Waals surface area contributed by atoms with Gasteiger partial charge in [-0.25, -0.2) is 0 Å². The van der Waals surface area contributed by atoms with Gasteiger partial charge in [-0.2, -0.15) is 5.10 Å². The van der Waals surface area contributed by atoms with E-state index in [-0.39, 0.29) is 0 Å². The van der Waals surface area contributed by atoms with Crippen molar-refractivity contribution in [2.24, 2.45) is 7.05 Å². The van der Waals surface area contributed by atoms with E-state index in [2.05, 4.69) is 22.5 Å². The molecule has 20 heavy (non-hydrogen) atoms. The minimum absolute atomic E-state index is 0.294. The van der Waals surface area contributed by atoms with Crippen molar-refractivity contribution < 1.29 is 4.74 Å². The van der Waals surface area contributed by atoms with Crippen LogP contribution in [0.2, 0.25) is 0 Å². The van der Waals surface area contributed by atoms with E-state index in [1.165, 1.54) is 29.7 Å². The van der Waals surface area contributed by atoms with Crippen LogP contribution in [0.5, 0.6) is 5.75 Å². The van der Waals surface area contributed by atoms with Crippen LogP contribution in [-0.4, -0.2) is 16.4 Å². The SMILES string of the molecule is Cn1ncc2c1CCCC2NC1COc2ccccc21. The number of aryl methyl sites for hydroxylation is 1. The minimum Gasteiger partial charge on any atom is -0.491 e. The molecular formula is C16H19N3O. The molecule has 0 saturated carbocycles. The van der Waals surface area contributed by atoms with Crippen molar-refractivity contribution in [1.82, 2.24) is 15.1 Å². The summed E-state index contributed by atoms with van der Waals surface area (Å²) in [5.41, 5.74) is 4.02. The molecule has 104 valence electrons. The Bertz CT molecular complexity index is 634. The van der Waals surface area contributed by atoms with Gasteiger partial charge in [-0.05, 0) is 25.3 Å². The van der Waals surface area contributed by atoms with Crippen LogP contribution in [0.25, 0.3) is 0 Å². The van der Waals surface area contributed by atoms with Crippen molar-refractivity contribution in [2.75, 3.05) is 6.61 Å². The summed E-state index contributed by atoms with van der Waals surface area (Å²) in [5.74, 6) is 1.02. The Balaban J connectivity index is 1.59. The van der Waals surface area contributed by atoms with Crippen LogP contribution in [0.4, 0.5) is 0 Å². The van der Waals surface area contributed by atoms with Gasteiger partial charge in [-0.3, -0.25) is 10.00 Å². The smallest absolute Gasteiger partial charge is 0.124 e. The molecule has 1 aliphatic heterocycles. The molecule has 4 nitrogen and oxygen atoms in total. The summed E-state index contributed by atoms with van der Waals surface area (Å²) in [6.45, 7) is 0.728. The largest absolute Gasteiger partial charge is 0.491 e. The highest BCUT2D eigenvalue weighted by molar-refractivity contribution is 5.39. The van der Waals surface area contributed by atoms with Crippen LogP contribution in [0, 0.1) is 0 Å². The van der Waals surface area contributed by atoms with Gasteiger partial charge in [-0.15, -0.1) is 0 Å². The molecule has 2 atom stereocenters. The van der Waals surface area contributed by atoms with Gasteiger partial charge >= 0.3 is 0 Å². The lowest BCUT2D eigenvalue weighted by molar-refractivity contribution is 0.290. The van der Waals surface area contributed by atoms with Gasteiger partial charge in [-0.1, -0.05) is 18.2 Å². The lowest BCUT2D eigenvalue weighted by Gasteiger charge is -2.26. The van der Waals surface area contributed by atoms with Gasteiger partial charge in [0.1, 0.15) is 12.4 Å². The van der Waals surface area contributed by atoms with Crippen LogP contribution in [0.1, 0.15) is 41.7 Å². The average Bonchev–Trinajstić information content (AvgIpc) is 3.05. The van der Waals surface area contributed by atoms with Crippen LogP contribution in [0.3, 0.4) is 0 Å². The molecule has 0 radical (unpaired) electrons. The highest BCUT2D eigenvalue weighted by Crippen LogP contribution is 2.36. The molecule has 0 saturated heterocycles. The topological polar surface area (TPSA) is 39.1 Å². The second kappa shape index (κ2) is 4.63. The number of para-hydroxylation sites is 1. The molecule has 0 amide bonds. The number of hydrogen-bond acceptors (Lipinski definition) is 3. The second-order valence-corrected chi connectivity index (χ2v) is 5.68. The summed E-state index contributed by atoms with van der Waals surface area (Å²) in [6.07, 6.45) is 5.56. The summed E-state index contributed by atoms with van der Waals surface area (Å²) in [5, 5.41) is 8.18. The lowest BCUT2D eigenvalue weighted by Crippen LogP contribution is -2.30. The molecule has 4 rings (SSSR count). The number of hydrogen-bond donors (Lipinski definition) is 1. The fourth-order valence-corrected chi connectivity index (χ4v) is 3.42. The zero-order valence-electron chi connectivity index (χ0n) is 11.7. The van der Waals surface area contributed by atoms with Crippen molar-refractivity contribution >= 4 is 0 Å². The van der Waals surface area contributed by atoms with E-state index in [0.29, 0.717) is 12.1 Å². The number of fused-ring (bicyclic) bond motifs is 2. The maximum Gasteiger partial charge on any atom is 0.124 e. The van der Waals surface area contributed by atoms with Gasteiger partial charge < -0.3 is 4.74 Å². The fraction of sp³-hybridized carbons (Fsp3) is 0.438. The lowest BCUT2D eigenvalue weighted by atomic mass is 9.92. The van der Waals surface area contributed by atoms with Crippen molar-refractivity contribution in [3.05, 3.63) is 47.3 Å². The predicted molar refractivity (Wildman–Crippen MR) is 76.7 cm³/mol. The molecule has 1 aromatic heterocycles. The third-order valence-electron chi connectivity index (χ3n) is 4.48. The highest BCUT2D eigenvalue weighted by Gasteiger charge is 2.29. The molecule has 1 aliphatic carbocycles. The van der Waals surface area contributed by atoms with Gasteiger partial charge in [0.2, 0.25) is 0 Å². The van der Waals surface area contributed by atoms with Gasteiger partial charge in [0.15, 0.2) is 0 Å². The Morgan fingerprint density at radius 3 is 3.10 bits per heavy atom. The first-order valence-corrected chi connectivity index (χ1v) is 7.31. The quantitative estimate of drug-likeness (QED) is 0.910. The van der Waals surface area contributed by atoms with E-state index < -0.39 is 0 Å².